The van der Waals surface area contributed by atoms with Crippen LogP contribution in [-0.4, -0.2) is 30.4 Å². The lowest BCUT2D eigenvalue weighted by Crippen LogP contribution is -2.51. The highest BCUT2D eigenvalue weighted by atomic mass is 32.2. The van der Waals surface area contributed by atoms with E-state index in [1.807, 2.05) is 13.8 Å². The maximum absolute atomic E-state index is 12.0. The number of ether oxygens (including phenoxy) is 1. The van der Waals surface area contributed by atoms with Crippen molar-refractivity contribution in [3.8, 4) is 0 Å². The van der Waals surface area contributed by atoms with E-state index in [4.69, 9.17) is 4.74 Å². The second-order valence-electron chi connectivity index (χ2n) is 5.73. The van der Waals surface area contributed by atoms with Gasteiger partial charge in [0, 0.05) is 10.1 Å². The summed E-state index contributed by atoms with van der Waals surface area (Å²) >= 11 is 1.80. The Morgan fingerprint density at radius 1 is 1.38 bits per heavy atom. The van der Waals surface area contributed by atoms with Gasteiger partial charge in [0.2, 0.25) is 0 Å². The first-order chi connectivity index (χ1) is 9.82. The van der Waals surface area contributed by atoms with Crippen LogP contribution in [0.1, 0.15) is 38.3 Å². The van der Waals surface area contributed by atoms with Crippen molar-refractivity contribution < 1.29 is 9.53 Å². The maximum Gasteiger partial charge on any atom is 0.325 e. The number of hydrogen-bond acceptors (Lipinski definition) is 4. The van der Waals surface area contributed by atoms with Crippen molar-refractivity contribution >= 4 is 17.7 Å². The summed E-state index contributed by atoms with van der Waals surface area (Å²) in [5, 5.41) is 3.57. The van der Waals surface area contributed by atoms with Crippen molar-refractivity contribution in [1.82, 2.24) is 5.32 Å². The number of nitrogens with one attached hydrogen (secondary N) is 1. The van der Waals surface area contributed by atoms with E-state index in [2.05, 4.69) is 44.3 Å². The number of esters is 1. The number of hydrogen-bond donors (Lipinski definition) is 1. The number of carbonyl (C=O) groups is 1. The number of thioether (sulfide) groups is 1. The topological polar surface area (TPSA) is 38.3 Å². The Balaban J connectivity index is 2.75. The molecule has 2 unspecified atom stereocenters. The first kappa shape index (κ1) is 18.1. The summed E-state index contributed by atoms with van der Waals surface area (Å²) < 4.78 is 4.94. The van der Waals surface area contributed by atoms with Gasteiger partial charge in [0.15, 0.2) is 0 Å². The molecule has 3 nitrogen and oxygen atoms in total. The third-order valence-corrected chi connectivity index (χ3v) is 4.81. The molecular weight excluding hydrogens is 282 g/mol. The highest BCUT2D eigenvalue weighted by Crippen LogP contribution is 2.30. The third kappa shape index (κ3) is 5.04. The average Bonchev–Trinajstić information content (AvgIpc) is 2.42. The monoisotopic (exact) mass is 309 g/mol. The Morgan fingerprint density at radius 2 is 2.05 bits per heavy atom. The van der Waals surface area contributed by atoms with Crippen LogP contribution in [0.2, 0.25) is 0 Å². The molecule has 0 spiro atoms. The molecule has 1 aromatic rings. The lowest BCUT2D eigenvalue weighted by Gasteiger charge is -2.30. The standard InChI is InChI=1S/C17H27NO2S/c1-7-18-17(5,16(19)20-6)11-14(4)21-15-9-8-12(2)13(3)10-15/h8-10,14,18H,7,11H2,1-6H3. The first-order valence-electron chi connectivity index (χ1n) is 7.39. The fourth-order valence-corrected chi connectivity index (χ4v) is 3.75. The van der Waals surface area contributed by atoms with Crippen LogP contribution in [0.15, 0.2) is 23.1 Å². The summed E-state index contributed by atoms with van der Waals surface area (Å²) in [5.74, 6) is -0.197. The number of benzene rings is 1. The Kier molecular flexibility index (Phi) is 6.75. The van der Waals surface area contributed by atoms with Gasteiger partial charge in [-0.15, -0.1) is 11.8 Å². The van der Waals surface area contributed by atoms with Crippen LogP contribution in [0, 0.1) is 13.8 Å². The Labute approximate surface area is 132 Å². The van der Waals surface area contributed by atoms with E-state index in [0.29, 0.717) is 5.25 Å². The van der Waals surface area contributed by atoms with Crippen LogP contribution in [-0.2, 0) is 9.53 Å². The molecule has 1 N–H and O–H groups in total. The molecule has 0 radical (unpaired) electrons. The molecule has 4 heteroatoms. The van der Waals surface area contributed by atoms with Gasteiger partial charge in [-0.2, -0.15) is 0 Å². The minimum absolute atomic E-state index is 0.197. The molecular formula is C17H27NO2S. The quantitative estimate of drug-likeness (QED) is 0.615. The van der Waals surface area contributed by atoms with E-state index in [1.165, 1.54) is 23.1 Å². The van der Waals surface area contributed by atoms with Gasteiger partial charge in [0.25, 0.3) is 0 Å². The van der Waals surface area contributed by atoms with Gasteiger partial charge in [-0.05, 0) is 57.0 Å². The highest BCUT2D eigenvalue weighted by Gasteiger charge is 2.35. The normalized spacial score (nSPS) is 15.3. The van der Waals surface area contributed by atoms with Gasteiger partial charge < -0.3 is 10.1 Å². The molecule has 21 heavy (non-hydrogen) atoms. The second-order valence-corrected chi connectivity index (χ2v) is 7.24. The molecule has 0 aliphatic carbocycles. The molecule has 0 heterocycles. The molecule has 0 aliphatic rings. The summed E-state index contributed by atoms with van der Waals surface area (Å²) in [5.41, 5.74) is 1.98. The van der Waals surface area contributed by atoms with E-state index in [0.717, 1.165) is 13.0 Å². The molecule has 0 aliphatic heterocycles. The SMILES string of the molecule is CCNC(C)(CC(C)Sc1ccc(C)c(C)c1)C(=O)OC. The molecule has 0 amide bonds. The van der Waals surface area contributed by atoms with Gasteiger partial charge in [0.1, 0.15) is 5.54 Å². The number of methoxy groups -OCH3 is 1. The number of likely N-dealkylation sites (N-methyl/N-ethyl adjacent to an activating group) is 1. The fraction of sp³-hybridized carbons (Fsp3) is 0.588. The van der Waals surface area contributed by atoms with Crippen LogP contribution in [0.5, 0.6) is 0 Å². The maximum atomic E-state index is 12.0. The molecule has 2 atom stereocenters. The summed E-state index contributed by atoms with van der Waals surface area (Å²) in [6.45, 7) is 11.1. The minimum Gasteiger partial charge on any atom is -0.468 e. The van der Waals surface area contributed by atoms with Crippen LogP contribution < -0.4 is 5.32 Å². The Hall–Kier alpha value is -1.00. The first-order valence-corrected chi connectivity index (χ1v) is 8.27. The minimum atomic E-state index is -0.629. The summed E-state index contributed by atoms with van der Waals surface area (Å²) in [7, 11) is 1.44. The third-order valence-electron chi connectivity index (χ3n) is 3.71. The van der Waals surface area contributed by atoms with Crippen molar-refractivity contribution in [1.29, 1.82) is 0 Å². The van der Waals surface area contributed by atoms with E-state index in [-0.39, 0.29) is 5.97 Å². The van der Waals surface area contributed by atoms with Gasteiger partial charge in [-0.25, -0.2) is 0 Å². The number of aryl methyl sites for hydroxylation is 2. The van der Waals surface area contributed by atoms with Gasteiger partial charge in [-0.3, -0.25) is 4.79 Å². The molecule has 0 bridgehead atoms. The zero-order valence-electron chi connectivity index (χ0n) is 13.9. The highest BCUT2D eigenvalue weighted by molar-refractivity contribution is 7.99. The zero-order valence-corrected chi connectivity index (χ0v) is 14.8. The van der Waals surface area contributed by atoms with Gasteiger partial charge in [0.05, 0.1) is 7.11 Å². The van der Waals surface area contributed by atoms with Gasteiger partial charge >= 0.3 is 5.97 Å². The van der Waals surface area contributed by atoms with Crippen molar-refractivity contribution in [2.75, 3.05) is 13.7 Å². The van der Waals surface area contributed by atoms with Crippen molar-refractivity contribution in [2.24, 2.45) is 0 Å². The molecule has 0 saturated carbocycles. The molecule has 118 valence electrons. The molecule has 0 fully saturated rings. The number of rotatable bonds is 7. The summed E-state index contributed by atoms with van der Waals surface area (Å²) in [6, 6.07) is 6.50. The van der Waals surface area contributed by atoms with Crippen LogP contribution in [0.4, 0.5) is 0 Å². The van der Waals surface area contributed by atoms with E-state index in [9.17, 15) is 4.79 Å². The lowest BCUT2D eigenvalue weighted by molar-refractivity contribution is -0.148. The van der Waals surface area contributed by atoms with Crippen molar-refractivity contribution in [2.45, 2.75) is 56.7 Å². The molecule has 1 aromatic carbocycles. The van der Waals surface area contributed by atoms with E-state index in [1.54, 1.807) is 11.8 Å². The van der Waals surface area contributed by atoms with Crippen LogP contribution in [0.25, 0.3) is 0 Å². The zero-order chi connectivity index (χ0) is 16.0. The van der Waals surface area contributed by atoms with Gasteiger partial charge in [-0.1, -0.05) is 19.9 Å². The lowest BCUT2D eigenvalue weighted by atomic mass is 9.96. The summed E-state index contributed by atoms with van der Waals surface area (Å²) in [6.07, 6.45) is 0.727. The van der Waals surface area contributed by atoms with E-state index >= 15 is 0 Å². The van der Waals surface area contributed by atoms with Crippen molar-refractivity contribution in [3.63, 3.8) is 0 Å². The van der Waals surface area contributed by atoms with Crippen molar-refractivity contribution in [3.05, 3.63) is 29.3 Å². The van der Waals surface area contributed by atoms with Crippen LogP contribution in [0.3, 0.4) is 0 Å². The smallest absolute Gasteiger partial charge is 0.325 e. The Morgan fingerprint density at radius 3 is 2.57 bits per heavy atom. The Bertz CT molecular complexity index is 490. The molecule has 0 aromatic heterocycles. The second kappa shape index (κ2) is 7.85. The number of carbonyl (C=O) groups excluding carboxylic acids is 1. The predicted molar refractivity (Wildman–Crippen MR) is 89.9 cm³/mol. The fourth-order valence-electron chi connectivity index (χ4n) is 2.48. The molecule has 1 rings (SSSR count). The largest absolute Gasteiger partial charge is 0.468 e. The van der Waals surface area contributed by atoms with E-state index < -0.39 is 5.54 Å². The molecule has 0 saturated heterocycles. The predicted octanol–water partition coefficient (Wildman–Crippen LogP) is 3.72. The summed E-state index contributed by atoms with van der Waals surface area (Å²) in [4.78, 5) is 13.3. The van der Waals surface area contributed by atoms with Crippen LogP contribution >= 0.6 is 11.8 Å². The average molecular weight is 309 g/mol.